The second-order valence-electron chi connectivity index (χ2n) is 1.55. The van der Waals surface area contributed by atoms with Crippen LogP contribution in [0.4, 0.5) is 13.2 Å². The molecule has 0 amide bonds. The van der Waals surface area contributed by atoms with Crippen LogP contribution in [-0.4, -0.2) is 26.2 Å². The van der Waals surface area contributed by atoms with Crippen LogP contribution in [0.1, 0.15) is 6.92 Å². The van der Waals surface area contributed by atoms with Gasteiger partial charge in [-0.15, -0.1) is 0 Å². The molecule has 0 saturated carbocycles. The van der Waals surface area contributed by atoms with Gasteiger partial charge in [-0.05, 0) is 6.92 Å². The fourth-order valence-electron chi connectivity index (χ4n) is 0.395. The molecule has 0 aromatic carbocycles. The molecular formula is C5H9F3O2. The number of hydrogen-bond donors (Lipinski definition) is 0. The molecule has 0 aliphatic heterocycles. The van der Waals surface area contributed by atoms with Crippen molar-refractivity contribution in [2.24, 2.45) is 0 Å². The zero-order valence-electron chi connectivity index (χ0n) is 5.73. The van der Waals surface area contributed by atoms with E-state index in [0.29, 0.717) is 0 Å². The van der Waals surface area contributed by atoms with Crippen molar-refractivity contribution in [1.29, 1.82) is 0 Å². The molecule has 0 saturated heterocycles. The molecule has 62 valence electrons. The lowest BCUT2D eigenvalue weighted by atomic mass is 10.6. The van der Waals surface area contributed by atoms with Crippen molar-refractivity contribution in [3.8, 4) is 0 Å². The highest BCUT2D eigenvalue weighted by atomic mass is 19.3. The molecule has 0 rings (SSSR count). The van der Waals surface area contributed by atoms with Gasteiger partial charge in [-0.2, -0.15) is 8.78 Å². The Kier molecular flexibility index (Phi) is 3.67. The zero-order chi connectivity index (χ0) is 8.20. The molecule has 0 aliphatic rings. The Labute approximate surface area is 56.9 Å². The van der Waals surface area contributed by atoms with E-state index in [1.165, 1.54) is 6.92 Å². The van der Waals surface area contributed by atoms with Crippen molar-refractivity contribution < 1.29 is 22.6 Å². The van der Waals surface area contributed by atoms with Crippen molar-refractivity contribution in [1.82, 2.24) is 0 Å². The minimum absolute atomic E-state index is 0.253. The van der Waals surface area contributed by atoms with Crippen LogP contribution in [0.3, 0.4) is 0 Å². The maximum Gasteiger partial charge on any atom is 0.411 e. The fourth-order valence-corrected chi connectivity index (χ4v) is 0.395. The highest BCUT2D eigenvalue weighted by Gasteiger charge is 2.41. The van der Waals surface area contributed by atoms with E-state index in [4.69, 9.17) is 0 Å². The fraction of sp³-hybridized carbons (Fsp3) is 1.00. The SMILES string of the molecule is CCOC(F)(F)C(F)OC. The normalized spacial score (nSPS) is 15.3. The molecule has 0 aliphatic carbocycles. The quantitative estimate of drug-likeness (QED) is 0.618. The minimum atomic E-state index is -3.83. The van der Waals surface area contributed by atoms with Crippen LogP contribution in [0.5, 0.6) is 0 Å². The van der Waals surface area contributed by atoms with Crippen LogP contribution >= 0.6 is 0 Å². The summed E-state index contributed by atoms with van der Waals surface area (Å²) in [6.45, 7) is 1.09. The molecule has 2 nitrogen and oxygen atoms in total. The Morgan fingerprint density at radius 2 is 2.00 bits per heavy atom. The van der Waals surface area contributed by atoms with E-state index in [1.807, 2.05) is 0 Å². The summed E-state index contributed by atoms with van der Waals surface area (Å²) in [4.78, 5) is 0. The molecule has 0 N–H and O–H groups in total. The second kappa shape index (κ2) is 3.78. The van der Waals surface area contributed by atoms with Gasteiger partial charge in [0.15, 0.2) is 0 Å². The summed E-state index contributed by atoms with van der Waals surface area (Å²) in [6.07, 6.45) is -6.52. The Morgan fingerprint density at radius 3 is 2.30 bits per heavy atom. The summed E-state index contributed by atoms with van der Waals surface area (Å²) < 4.78 is 43.7. The van der Waals surface area contributed by atoms with Gasteiger partial charge in [0.1, 0.15) is 0 Å². The first-order valence-electron chi connectivity index (χ1n) is 2.73. The van der Waals surface area contributed by atoms with E-state index in [0.717, 1.165) is 7.11 Å². The first-order valence-corrected chi connectivity index (χ1v) is 2.73. The Hall–Kier alpha value is -0.290. The van der Waals surface area contributed by atoms with Gasteiger partial charge in [0, 0.05) is 7.11 Å². The van der Waals surface area contributed by atoms with Crippen LogP contribution in [0, 0.1) is 0 Å². The van der Waals surface area contributed by atoms with E-state index < -0.39 is 12.5 Å². The average molecular weight is 158 g/mol. The van der Waals surface area contributed by atoms with Gasteiger partial charge >= 0.3 is 6.11 Å². The van der Waals surface area contributed by atoms with Crippen molar-refractivity contribution in [2.45, 2.75) is 19.4 Å². The third-order valence-electron chi connectivity index (χ3n) is 0.808. The molecule has 5 heteroatoms. The number of halogens is 3. The van der Waals surface area contributed by atoms with E-state index in [-0.39, 0.29) is 6.61 Å². The van der Waals surface area contributed by atoms with Crippen molar-refractivity contribution in [3.63, 3.8) is 0 Å². The lowest BCUT2D eigenvalue weighted by Crippen LogP contribution is -2.34. The first-order chi connectivity index (χ1) is 4.54. The van der Waals surface area contributed by atoms with Gasteiger partial charge < -0.3 is 9.47 Å². The highest BCUT2D eigenvalue weighted by molar-refractivity contribution is 4.54. The van der Waals surface area contributed by atoms with Crippen molar-refractivity contribution >= 4 is 0 Å². The van der Waals surface area contributed by atoms with Crippen molar-refractivity contribution in [3.05, 3.63) is 0 Å². The summed E-state index contributed by atoms with van der Waals surface area (Å²) in [5.74, 6) is 0. The van der Waals surface area contributed by atoms with Gasteiger partial charge in [0.25, 0.3) is 6.36 Å². The van der Waals surface area contributed by atoms with Gasteiger partial charge in [-0.3, -0.25) is 0 Å². The summed E-state index contributed by atoms with van der Waals surface area (Å²) >= 11 is 0. The van der Waals surface area contributed by atoms with Crippen LogP contribution < -0.4 is 0 Å². The molecule has 0 fully saturated rings. The number of ether oxygens (including phenoxy) is 2. The lowest BCUT2D eigenvalue weighted by Gasteiger charge is -2.17. The number of methoxy groups -OCH3 is 1. The monoisotopic (exact) mass is 158 g/mol. The van der Waals surface area contributed by atoms with Crippen LogP contribution in [-0.2, 0) is 9.47 Å². The average Bonchev–Trinajstić information content (AvgIpc) is 1.86. The highest BCUT2D eigenvalue weighted by Crippen LogP contribution is 2.22. The summed E-state index contributed by atoms with van der Waals surface area (Å²) in [5, 5.41) is 0. The Bertz CT molecular complexity index is 96.9. The van der Waals surface area contributed by atoms with E-state index in [1.54, 1.807) is 0 Å². The minimum Gasteiger partial charge on any atom is -0.345 e. The lowest BCUT2D eigenvalue weighted by molar-refractivity contribution is -0.322. The molecule has 0 aromatic rings. The topological polar surface area (TPSA) is 18.5 Å². The Balaban J connectivity index is 3.82. The van der Waals surface area contributed by atoms with Crippen LogP contribution in [0.2, 0.25) is 0 Å². The molecule has 0 bridgehead atoms. The second-order valence-corrected chi connectivity index (χ2v) is 1.55. The number of rotatable bonds is 4. The predicted octanol–water partition coefficient (Wildman–Crippen LogP) is 1.56. The van der Waals surface area contributed by atoms with E-state index in [9.17, 15) is 13.2 Å². The van der Waals surface area contributed by atoms with Gasteiger partial charge in [-0.25, -0.2) is 4.39 Å². The summed E-state index contributed by atoms with van der Waals surface area (Å²) in [6, 6.07) is 0. The predicted molar refractivity (Wildman–Crippen MR) is 28.5 cm³/mol. The molecule has 0 aromatic heterocycles. The smallest absolute Gasteiger partial charge is 0.345 e. The van der Waals surface area contributed by atoms with E-state index in [2.05, 4.69) is 9.47 Å². The standard InChI is InChI=1S/C5H9F3O2/c1-3-10-5(7,8)4(6)9-2/h4H,3H2,1-2H3. The van der Waals surface area contributed by atoms with Gasteiger partial charge in [0.05, 0.1) is 6.61 Å². The third-order valence-corrected chi connectivity index (χ3v) is 0.808. The first kappa shape index (κ1) is 9.71. The van der Waals surface area contributed by atoms with Crippen LogP contribution in [0.15, 0.2) is 0 Å². The molecule has 1 atom stereocenters. The van der Waals surface area contributed by atoms with Gasteiger partial charge in [-0.1, -0.05) is 0 Å². The molecule has 0 spiro atoms. The maximum atomic E-state index is 12.1. The van der Waals surface area contributed by atoms with E-state index >= 15 is 0 Å². The molecule has 0 heterocycles. The van der Waals surface area contributed by atoms with Crippen LogP contribution in [0.25, 0.3) is 0 Å². The van der Waals surface area contributed by atoms with Crippen molar-refractivity contribution in [2.75, 3.05) is 13.7 Å². The molecule has 0 radical (unpaired) electrons. The Morgan fingerprint density at radius 1 is 1.50 bits per heavy atom. The largest absolute Gasteiger partial charge is 0.411 e. The number of hydrogen-bond acceptors (Lipinski definition) is 2. The maximum absolute atomic E-state index is 12.1. The summed E-state index contributed by atoms with van der Waals surface area (Å²) in [7, 11) is 0.845. The number of alkyl halides is 3. The molecule has 1 unspecified atom stereocenters. The van der Waals surface area contributed by atoms with Gasteiger partial charge in [0.2, 0.25) is 0 Å². The zero-order valence-corrected chi connectivity index (χ0v) is 5.73. The molecule has 10 heavy (non-hydrogen) atoms. The molecular weight excluding hydrogens is 149 g/mol. The summed E-state index contributed by atoms with van der Waals surface area (Å²) in [5.41, 5.74) is 0. The third kappa shape index (κ3) is 2.53.